The average molecular weight is 434 g/mol. The number of carbonyl (C=O) groups is 1. The highest BCUT2D eigenvalue weighted by Gasteiger charge is 2.45. The second kappa shape index (κ2) is 9.63. The molecular weight excluding hydrogens is 408 g/mol. The minimum Gasteiger partial charge on any atom is -0.508 e. The van der Waals surface area contributed by atoms with Crippen LogP contribution in [0.15, 0.2) is 36.4 Å². The monoisotopic (exact) mass is 434 g/mol. The first kappa shape index (κ1) is 23.0. The zero-order valence-corrected chi connectivity index (χ0v) is 16.9. The minimum absolute atomic E-state index is 0.0342. The predicted molar refractivity (Wildman–Crippen MR) is 108 cm³/mol. The summed E-state index contributed by atoms with van der Waals surface area (Å²) in [5, 5.41) is 59.4. The number of Topliss-reactive ketones (excluding diaryl/α,β-unsaturated/α-hetero) is 1. The molecule has 6 N–H and O–H groups in total. The Labute approximate surface area is 178 Å². The van der Waals surface area contributed by atoms with Crippen LogP contribution < -0.4 is 4.74 Å². The smallest absolute Gasteiger partial charge is 0.229 e. The first-order valence-electron chi connectivity index (χ1n) is 9.83. The van der Waals surface area contributed by atoms with Crippen molar-refractivity contribution in [2.75, 3.05) is 6.61 Å². The van der Waals surface area contributed by atoms with E-state index in [1.54, 1.807) is 0 Å². The maximum atomic E-state index is 12.8. The first-order valence-corrected chi connectivity index (χ1v) is 9.83. The van der Waals surface area contributed by atoms with Crippen LogP contribution >= 0.6 is 0 Å². The Kier molecular flexibility index (Phi) is 7.14. The number of phenols is 2. The molecule has 2 aromatic carbocycles. The molecular formula is C22H26O9. The average Bonchev–Trinajstić information content (AvgIpc) is 2.73. The minimum atomic E-state index is -1.71. The highest BCUT2D eigenvalue weighted by atomic mass is 16.7. The summed E-state index contributed by atoms with van der Waals surface area (Å²) in [4.78, 5) is 12.8. The quantitative estimate of drug-likeness (QED) is 0.339. The lowest BCUT2D eigenvalue weighted by molar-refractivity contribution is -0.277. The van der Waals surface area contributed by atoms with Crippen LogP contribution in [0.25, 0.3) is 0 Å². The molecule has 31 heavy (non-hydrogen) atoms. The summed E-state index contributed by atoms with van der Waals surface area (Å²) < 4.78 is 10.8. The molecule has 5 atom stereocenters. The van der Waals surface area contributed by atoms with E-state index in [9.17, 15) is 35.4 Å². The van der Waals surface area contributed by atoms with Gasteiger partial charge in [-0.1, -0.05) is 29.8 Å². The molecule has 9 nitrogen and oxygen atoms in total. The van der Waals surface area contributed by atoms with Gasteiger partial charge in [-0.25, -0.2) is 0 Å². The third-order valence-corrected chi connectivity index (χ3v) is 5.20. The topological polar surface area (TPSA) is 157 Å². The summed E-state index contributed by atoms with van der Waals surface area (Å²) in [6.45, 7) is 1.30. The largest absolute Gasteiger partial charge is 0.508 e. The molecule has 1 heterocycles. The molecule has 0 radical (unpaired) electrons. The molecule has 9 heteroatoms. The summed E-state index contributed by atoms with van der Waals surface area (Å²) in [5.41, 5.74) is 1.79. The SMILES string of the molecule is Cc1ccc(CCC(=O)c2c(O)cc(O)cc2OC2O[C@H](CO)[C@@H](O)[C@H](O)[C@H]2O)cc1. The molecule has 0 spiro atoms. The molecule has 1 unspecified atom stereocenters. The van der Waals surface area contributed by atoms with E-state index in [1.807, 2.05) is 31.2 Å². The number of benzene rings is 2. The van der Waals surface area contributed by atoms with Gasteiger partial charge >= 0.3 is 0 Å². The number of ketones is 1. The second-order valence-corrected chi connectivity index (χ2v) is 7.56. The van der Waals surface area contributed by atoms with Crippen LogP contribution in [-0.2, 0) is 11.2 Å². The van der Waals surface area contributed by atoms with Gasteiger partial charge in [0.05, 0.1) is 6.61 Å². The molecule has 1 saturated heterocycles. The molecule has 3 rings (SSSR count). The van der Waals surface area contributed by atoms with Gasteiger partial charge in [0.15, 0.2) is 5.78 Å². The number of hydrogen-bond donors (Lipinski definition) is 6. The van der Waals surface area contributed by atoms with Crippen molar-refractivity contribution in [2.24, 2.45) is 0 Å². The summed E-state index contributed by atoms with van der Waals surface area (Å²) in [6, 6.07) is 9.69. The van der Waals surface area contributed by atoms with E-state index in [-0.39, 0.29) is 17.7 Å². The number of aliphatic hydroxyl groups is 4. The highest BCUT2D eigenvalue weighted by Crippen LogP contribution is 2.36. The van der Waals surface area contributed by atoms with E-state index in [0.717, 1.165) is 23.3 Å². The summed E-state index contributed by atoms with van der Waals surface area (Å²) in [7, 11) is 0. The maximum Gasteiger partial charge on any atom is 0.229 e. The lowest BCUT2D eigenvalue weighted by Gasteiger charge is -2.39. The molecule has 1 aliphatic rings. The standard InChI is InChI=1S/C22H26O9/c1-11-2-4-12(5-3-11)6-7-14(25)18-15(26)8-13(24)9-16(18)30-22-21(29)20(28)19(27)17(10-23)31-22/h2-5,8-9,17,19-24,26-29H,6-7,10H2,1H3/t17-,19-,20+,21-,22?/m1/s1. The third kappa shape index (κ3) is 5.15. The Morgan fingerprint density at radius 1 is 1.03 bits per heavy atom. The lowest BCUT2D eigenvalue weighted by atomic mass is 9.98. The van der Waals surface area contributed by atoms with E-state index in [0.29, 0.717) is 6.42 Å². The van der Waals surface area contributed by atoms with Gasteiger partial charge in [-0.2, -0.15) is 0 Å². The Hall–Kier alpha value is -2.69. The third-order valence-electron chi connectivity index (χ3n) is 5.20. The Morgan fingerprint density at radius 3 is 2.35 bits per heavy atom. The van der Waals surface area contributed by atoms with Gasteiger partial charge in [-0.15, -0.1) is 0 Å². The van der Waals surface area contributed by atoms with Gasteiger partial charge in [0.25, 0.3) is 0 Å². The van der Waals surface area contributed by atoms with Gasteiger partial charge in [0.1, 0.15) is 47.2 Å². The van der Waals surface area contributed by atoms with Crippen molar-refractivity contribution < 1.29 is 44.9 Å². The van der Waals surface area contributed by atoms with Crippen molar-refractivity contribution in [3.05, 3.63) is 53.1 Å². The number of rotatable bonds is 7. The molecule has 1 fully saturated rings. The molecule has 0 aliphatic carbocycles. The Morgan fingerprint density at radius 2 is 1.71 bits per heavy atom. The lowest BCUT2D eigenvalue weighted by Crippen LogP contribution is -2.60. The van der Waals surface area contributed by atoms with Crippen molar-refractivity contribution in [3.63, 3.8) is 0 Å². The normalized spacial score (nSPS) is 25.9. The Balaban J connectivity index is 1.82. The molecule has 0 bridgehead atoms. The maximum absolute atomic E-state index is 12.8. The van der Waals surface area contributed by atoms with E-state index in [2.05, 4.69) is 0 Å². The highest BCUT2D eigenvalue weighted by molar-refractivity contribution is 6.01. The van der Waals surface area contributed by atoms with Crippen molar-refractivity contribution in [2.45, 2.75) is 50.5 Å². The zero-order chi connectivity index (χ0) is 22.7. The van der Waals surface area contributed by atoms with Gasteiger partial charge < -0.3 is 40.1 Å². The fourth-order valence-corrected chi connectivity index (χ4v) is 3.39. The second-order valence-electron chi connectivity index (χ2n) is 7.56. The van der Waals surface area contributed by atoms with Crippen molar-refractivity contribution in [3.8, 4) is 17.2 Å². The van der Waals surface area contributed by atoms with Crippen LogP contribution in [0.4, 0.5) is 0 Å². The van der Waals surface area contributed by atoms with Gasteiger partial charge in [0, 0.05) is 18.6 Å². The van der Waals surface area contributed by atoms with Crippen LogP contribution in [0.1, 0.15) is 27.9 Å². The van der Waals surface area contributed by atoms with E-state index in [4.69, 9.17) is 9.47 Å². The van der Waals surface area contributed by atoms with Crippen LogP contribution in [0.2, 0.25) is 0 Å². The number of hydrogen-bond acceptors (Lipinski definition) is 9. The molecule has 0 aromatic heterocycles. The molecule has 2 aromatic rings. The summed E-state index contributed by atoms with van der Waals surface area (Å²) in [6.07, 6.45) is -7.31. The fraction of sp³-hybridized carbons (Fsp3) is 0.409. The van der Waals surface area contributed by atoms with Crippen molar-refractivity contribution in [1.82, 2.24) is 0 Å². The van der Waals surface area contributed by atoms with Crippen molar-refractivity contribution >= 4 is 5.78 Å². The van der Waals surface area contributed by atoms with Crippen LogP contribution in [0.3, 0.4) is 0 Å². The van der Waals surface area contributed by atoms with E-state index < -0.39 is 54.6 Å². The van der Waals surface area contributed by atoms with Crippen LogP contribution in [-0.4, -0.2) is 73.7 Å². The van der Waals surface area contributed by atoms with Crippen LogP contribution in [0, 0.1) is 6.92 Å². The number of aromatic hydroxyl groups is 2. The van der Waals surface area contributed by atoms with Gasteiger partial charge in [-0.05, 0) is 18.9 Å². The molecule has 0 saturated carbocycles. The fourth-order valence-electron chi connectivity index (χ4n) is 3.39. The summed E-state index contributed by atoms with van der Waals surface area (Å²) >= 11 is 0. The van der Waals surface area contributed by atoms with E-state index in [1.165, 1.54) is 0 Å². The van der Waals surface area contributed by atoms with Crippen molar-refractivity contribution in [1.29, 1.82) is 0 Å². The first-order chi connectivity index (χ1) is 14.7. The van der Waals surface area contributed by atoms with Gasteiger partial charge in [-0.3, -0.25) is 4.79 Å². The number of phenolic OH excluding ortho intramolecular Hbond substituents is 2. The predicted octanol–water partition coefficient (Wildman–Crippen LogP) is 0.400. The molecule has 1 aliphatic heterocycles. The number of ether oxygens (including phenoxy) is 2. The number of carbonyl (C=O) groups excluding carboxylic acids is 1. The summed E-state index contributed by atoms with van der Waals surface area (Å²) in [5.74, 6) is -1.66. The van der Waals surface area contributed by atoms with E-state index >= 15 is 0 Å². The molecule has 168 valence electrons. The Bertz CT molecular complexity index is 910. The number of aliphatic hydroxyl groups excluding tert-OH is 4. The van der Waals surface area contributed by atoms with Gasteiger partial charge in [0.2, 0.25) is 6.29 Å². The van der Waals surface area contributed by atoms with Crippen LogP contribution in [0.5, 0.6) is 17.2 Å². The molecule has 0 amide bonds. The zero-order valence-electron chi connectivity index (χ0n) is 16.9. The number of aryl methyl sites for hydroxylation is 2.